The van der Waals surface area contributed by atoms with E-state index in [1.54, 1.807) is 0 Å². The third kappa shape index (κ3) is 1.24. The van der Waals surface area contributed by atoms with Gasteiger partial charge in [-0.15, -0.1) is 0 Å². The van der Waals surface area contributed by atoms with Crippen molar-refractivity contribution in [2.24, 2.45) is 4.99 Å². The SMILES string of the molecule is C=Nc1c(N)c(N)cc2c1CCOC2. The zero-order valence-corrected chi connectivity index (χ0v) is 7.92. The molecule has 0 radical (unpaired) electrons. The Morgan fingerprint density at radius 1 is 1.43 bits per heavy atom. The molecule has 1 aliphatic rings. The van der Waals surface area contributed by atoms with Gasteiger partial charge in [0.25, 0.3) is 0 Å². The number of nitrogens with two attached hydrogens (primary N) is 2. The van der Waals surface area contributed by atoms with E-state index in [0.717, 1.165) is 23.2 Å². The molecule has 4 heteroatoms. The number of nitrogen functional groups attached to an aromatic ring is 2. The molecule has 4 nitrogen and oxygen atoms in total. The molecule has 2 rings (SSSR count). The molecule has 1 aromatic rings. The monoisotopic (exact) mass is 191 g/mol. The van der Waals surface area contributed by atoms with Gasteiger partial charge in [0.2, 0.25) is 0 Å². The van der Waals surface area contributed by atoms with E-state index in [4.69, 9.17) is 16.2 Å². The highest BCUT2D eigenvalue weighted by molar-refractivity contribution is 5.82. The zero-order valence-electron chi connectivity index (χ0n) is 7.92. The van der Waals surface area contributed by atoms with E-state index in [-0.39, 0.29) is 0 Å². The van der Waals surface area contributed by atoms with Gasteiger partial charge < -0.3 is 16.2 Å². The maximum Gasteiger partial charge on any atom is 0.0909 e. The molecule has 4 N–H and O–H groups in total. The molecule has 0 aromatic heterocycles. The summed E-state index contributed by atoms with van der Waals surface area (Å²) in [5.41, 5.74) is 15.6. The molecule has 0 saturated heterocycles. The topological polar surface area (TPSA) is 73.6 Å². The Balaban J connectivity index is 2.65. The molecule has 0 atom stereocenters. The predicted molar refractivity (Wildman–Crippen MR) is 57.8 cm³/mol. The van der Waals surface area contributed by atoms with Gasteiger partial charge >= 0.3 is 0 Å². The molecule has 14 heavy (non-hydrogen) atoms. The maximum absolute atomic E-state index is 5.82. The number of ether oxygens (including phenoxy) is 1. The number of anilines is 2. The maximum atomic E-state index is 5.82. The summed E-state index contributed by atoms with van der Waals surface area (Å²) in [5.74, 6) is 0. The van der Waals surface area contributed by atoms with E-state index in [9.17, 15) is 0 Å². The molecule has 0 bridgehead atoms. The molecular weight excluding hydrogens is 178 g/mol. The van der Waals surface area contributed by atoms with E-state index in [1.807, 2.05) is 6.07 Å². The number of fused-ring (bicyclic) bond motifs is 1. The largest absolute Gasteiger partial charge is 0.397 e. The van der Waals surface area contributed by atoms with Crippen LogP contribution in [0, 0.1) is 0 Å². The van der Waals surface area contributed by atoms with E-state index in [1.165, 1.54) is 0 Å². The van der Waals surface area contributed by atoms with Crippen LogP contribution < -0.4 is 11.5 Å². The van der Waals surface area contributed by atoms with Crippen LogP contribution in [0.25, 0.3) is 0 Å². The first kappa shape index (κ1) is 9.02. The van der Waals surface area contributed by atoms with Crippen molar-refractivity contribution in [2.75, 3.05) is 18.1 Å². The Morgan fingerprint density at radius 2 is 2.21 bits per heavy atom. The average molecular weight is 191 g/mol. The highest BCUT2D eigenvalue weighted by Gasteiger charge is 2.17. The number of benzene rings is 1. The summed E-state index contributed by atoms with van der Waals surface area (Å²) in [5, 5.41) is 0. The van der Waals surface area contributed by atoms with E-state index in [0.29, 0.717) is 24.6 Å². The van der Waals surface area contributed by atoms with Gasteiger partial charge in [-0.1, -0.05) is 0 Å². The Bertz CT molecular complexity index is 387. The number of rotatable bonds is 1. The van der Waals surface area contributed by atoms with E-state index in [2.05, 4.69) is 11.7 Å². The second-order valence-corrected chi connectivity index (χ2v) is 3.33. The molecule has 0 amide bonds. The third-order valence-corrected chi connectivity index (χ3v) is 2.48. The van der Waals surface area contributed by atoms with Gasteiger partial charge in [0.15, 0.2) is 0 Å². The van der Waals surface area contributed by atoms with Crippen LogP contribution in [0.4, 0.5) is 17.1 Å². The van der Waals surface area contributed by atoms with Crippen LogP contribution in [0.2, 0.25) is 0 Å². The number of hydrogen-bond donors (Lipinski definition) is 2. The third-order valence-electron chi connectivity index (χ3n) is 2.48. The minimum absolute atomic E-state index is 0.528. The Labute approximate surface area is 82.6 Å². The summed E-state index contributed by atoms with van der Waals surface area (Å²) in [6, 6.07) is 1.86. The second kappa shape index (κ2) is 3.31. The van der Waals surface area contributed by atoms with Crippen LogP contribution in [-0.4, -0.2) is 13.3 Å². The fourth-order valence-electron chi connectivity index (χ4n) is 1.75. The normalized spacial score (nSPS) is 14.9. The van der Waals surface area contributed by atoms with E-state index < -0.39 is 0 Å². The van der Waals surface area contributed by atoms with Crippen LogP contribution >= 0.6 is 0 Å². The zero-order chi connectivity index (χ0) is 10.1. The van der Waals surface area contributed by atoms with Crippen molar-refractivity contribution in [1.82, 2.24) is 0 Å². The van der Waals surface area contributed by atoms with Gasteiger partial charge in [-0.3, -0.25) is 4.99 Å². The molecule has 0 aliphatic carbocycles. The first-order valence-electron chi connectivity index (χ1n) is 4.48. The second-order valence-electron chi connectivity index (χ2n) is 3.33. The smallest absolute Gasteiger partial charge is 0.0909 e. The predicted octanol–water partition coefficient (Wildman–Crippen LogP) is 1.26. The molecule has 1 aromatic carbocycles. The summed E-state index contributed by atoms with van der Waals surface area (Å²) in [6.45, 7) is 4.81. The highest BCUT2D eigenvalue weighted by atomic mass is 16.5. The van der Waals surface area contributed by atoms with E-state index >= 15 is 0 Å². The van der Waals surface area contributed by atoms with Crippen molar-refractivity contribution in [3.05, 3.63) is 17.2 Å². The summed E-state index contributed by atoms with van der Waals surface area (Å²) >= 11 is 0. The quantitative estimate of drug-likeness (QED) is 0.518. The van der Waals surface area contributed by atoms with Crippen molar-refractivity contribution >= 4 is 23.8 Å². The van der Waals surface area contributed by atoms with Crippen LogP contribution in [0.5, 0.6) is 0 Å². The lowest BCUT2D eigenvalue weighted by atomic mass is 9.99. The van der Waals surface area contributed by atoms with Crippen molar-refractivity contribution in [1.29, 1.82) is 0 Å². The molecular formula is C10H13N3O. The summed E-state index contributed by atoms with van der Waals surface area (Å²) in [4.78, 5) is 3.93. The molecule has 74 valence electrons. The minimum Gasteiger partial charge on any atom is -0.397 e. The molecule has 0 unspecified atom stereocenters. The number of nitrogens with zero attached hydrogens (tertiary/aromatic N) is 1. The Kier molecular flexibility index (Phi) is 2.13. The fraction of sp³-hybridized carbons (Fsp3) is 0.300. The average Bonchev–Trinajstić information content (AvgIpc) is 2.20. The van der Waals surface area contributed by atoms with Crippen LogP contribution in [-0.2, 0) is 17.8 Å². The summed E-state index contributed by atoms with van der Waals surface area (Å²) in [6.07, 6.45) is 0.828. The van der Waals surface area contributed by atoms with Gasteiger partial charge in [-0.25, -0.2) is 0 Å². The van der Waals surface area contributed by atoms with Gasteiger partial charge in [-0.2, -0.15) is 0 Å². The lowest BCUT2D eigenvalue weighted by Gasteiger charge is -2.20. The molecule has 0 fully saturated rings. The van der Waals surface area contributed by atoms with Crippen LogP contribution in [0.15, 0.2) is 11.1 Å². The van der Waals surface area contributed by atoms with Gasteiger partial charge in [0.1, 0.15) is 0 Å². The Morgan fingerprint density at radius 3 is 2.93 bits per heavy atom. The van der Waals surface area contributed by atoms with Gasteiger partial charge in [-0.05, 0) is 30.3 Å². The standard InChI is InChI=1S/C10H13N3O/c1-13-10-7-2-3-14-5-6(7)4-8(11)9(10)12/h4H,1-3,5,11-12H2. The van der Waals surface area contributed by atoms with Crippen molar-refractivity contribution in [3.8, 4) is 0 Å². The number of aliphatic imine (C=N–C) groups is 1. The minimum atomic E-state index is 0.528. The first-order valence-corrected chi connectivity index (χ1v) is 4.48. The molecule has 1 aliphatic heterocycles. The lowest BCUT2D eigenvalue weighted by molar-refractivity contribution is 0.111. The summed E-state index contributed by atoms with van der Waals surface area (Å²) in [7, 11) is 0. The summed E-state index contributed by atoms with van der Waals surface area (Å²) < 4.78 is 5.33. The van der Waals surface area contributed by atoms with Gasteiger partial charge in [0, 0.05) is 0 Å². The molecule has 0 spiro atoms. The fourth-order valence-corrected chi connectivity index (χ4v) is 1.75. The molecule has 1 heterocycles. The highest BCUT2D eigenvalue weighted by Crippen LogP contribution is 2.36. The molecule has 0 saturated carbocycles. The lowest BCUT2D eigenvalue weighted by Crippen LogP contribution is -2.12. The first-order chi connectivity index (χ1) is 6.74. The van der Waals surface area contributed by atoms with Crippen molar-refractivity contribution in [3.63, 3.8) is 0 Å². The van der Waals surface area contributed by atoms with Crippen molar-refractivity contribution < 1.29 is 4.74 Å². The van der Waals surface area contributed by atoms with Gasteiger partial charge in [0.05, 0.1) is 30.3 Å². The number of hydrogen-bond acceptors (Lipinski definition) is 4. The van der Waals surface area contributed by atoms with Crippen molar-refractivity contribution in [2.45, 2.75) is 13.0 Å². The van der Waals surface area contributed by atoms with Crippen LogP contribution in [0.1, 0.15) is 11.1 Å². The van der Waals surface area contributed by atoms with Crippen LogP contribution in [0.3, 0.4) is 0 Å². The Hall–Kier alpha value is -1.55.